The van der Waals surface area contributed by atoms with E-state index in [2.05, 4.69) is 4.65 Å². The van der Waals surface area contributed by atoms with Crippen LogP contribution in [0.1, 0.15) is 5.56 Å². The first-order valence-corrected chi connectivity index (χ1v) is 3.28. The van der Waals surface area contributed by atoms with E-state index in [1.54, 1.807) is 12.1 Å². The lowest BCUT2D eigenvalue weighted by molar-refractivity contribution is 0.287. The van der Waals surface area contributed by atoms with E-state index < -0.39 is 7.32 Å². The molecule has 0 aliphatic carbocycles. The average Bonchev–Trinajstić information content (AvgIpc) is 1.93. The molecule has 3 nitrogen and oxygen atoms in total. The second-order valence-electron chi connectivity index (χ2n) is 2.21. The Morgan fingerprint density at radius 2 is 1.91 bits per heavy atom. The Hall–Kier alpha value is -0.995. The Morgan fingerprint density at radius 3 is 2.45 bits per heavy atom. The Kier molecular flexibility index (Phi) is 2.51. The van der Waals surface area contributed by atoms with Gasteiger partial charge in [0, 0.05) is 0 Å². The molecule has 11 heavy (non-hydrogen) atoms. The van der Waals surface area contributed by atoms with Crippen LogP contribution in [0.15, 0.2) is 24.3 Å². The zero-order valence-electron chi connectivity index (χ0n) is 6.19. The molecule has 0 saturated heterocycles. The second kappa shape index (κ2) is 3.41. The van der Waals surface area contributed by atoms with Crippen molar-refractivity contribution in [1.29, 1.82) is 0 Å². The summed E-state index contributed by atoms with van der Waals surface area (Å²) in [5.74, 6) is 0.488. The lowest BCUT2D eigenvalue weighted by Crippen LogP contribution is -2.20. The topological polar surface area (TPSA) is 49.7 Å². The highest BCUT2D eigenvalue weighted by Gasteiger charge is 2.11. The molecule has 0 unspecified atom stereocenters. The molecule has 0 spiro atoms. The van der Waals surface area contributed by atoms with Gasteiger partial charge in [-0.05, 0) is 18.6 Å². The highest BCUT2D eigenvalue weighted by molar-refractivity contribution is 6.33. The molecule has 1 aromatic rings. The summed E-state index contributed by atoms with van der Waals surface area (Å²) in [4.78, 5) is 0. The zero-order chi connectivity index (χ0) is 8.27. The largest absolute Gasteiger partial charge is 0.707 e. The molecule has 0 bridgehead atoms. The van der Waals surface area contributed by atoms with Gasteiger partial charge in [-0.2, -0.15) is 0 Å². The van der Waals surface area contributed by atoms with Crippen LogP contribution < -0.4 is 4.65 Å². The van der Waals surface area contributed by atoms with E-state index in [1.807, 2.05) is 19.1 Å². The summed E-state index contributed by atoms with van der Waals surface area (Å²) in [5.41, 5.74) is 0.876. The smallest absolute Gasteiger partial charge is 0.512 e. The highest BCUT2D eigenvalue weighted by atomic mass is 16.6. The van der Waals surface area contributed by atoms with Gasteiger partial charge in [-0.1, -0.05) is 18.2 Å². The van der Waals surface area contributed by atoms with E-state index in [9.17, 15) is 0 Å². The molecule has 1 aromatic carbocycles. The highest BCUT2D eigenvalue weighted by Crippen LogP contribution is 2.15. The molecular formula is C7H9BO3. The summed E-state index contributed by atoms with van der Waals surface area (Å²) in [6.07, 6.45) is 0. The van der Waals surface area contributed by atoms with Gasteiger partial charge in [-0.3, -0.25) is 0 Å². The Bertz CT molecular complexity index is 237. The Balaban J connectivity index is 2.78. The number of benzene rings is 1. The van der Waals surface area contributed by atoms with Crippen molar-refractivity contribution in [2.24, 2.45) is 0 Å². The number of hydrogen-bond donors (Lipinski definition) is 2. The maximum absolute atomic E-state index is 8.46. The van der Waals surface area contributed by atoms with Crippen molar-refractivity contribution in [3.8, 4) is 5.75 Å². The van der Waals surface area contributed by atoms with Crippen LogP contribution >= 0.6 is 0 Å². The number of hydrogen-bond acceptors (Lipinski definition) is 3. The van der Waals surface area contributed by atoms with Gasteiger partial charge in [0.1, 0.15) is 5.75 Å². The fourth-order valence-electron chi connectivity index (χ4n) is 0.802. The van der Waals surface area contributed by atoms with Crippen LogP contribution in [0, 0.1) is 6.92 Å². The van der Waals surface area contributed by atoms with Crippen molar-refractivity contribution < 1.29 is 14.7 Å². The molecule has 0 aliphatic rings. The van der Waals surface area contributed by atoms with Gasteiger partial charge in [-0.25, -0.2) is 0 Å². The second-order valence-corrected chi connectivity index (χ2v) is 2.21. The molecule has 2 N–H and O–H groups in total. The summed E-state index contributed by atoms with van der Waals surface area (Å²) in [7, 11) is -1.74. The first-order chi connectivity index (χ1) is 5.20. The standard InChI is InChI=1S/C7H9BO3/c1-6-4-2-3-5-7(6)11-8(9)10/h2-5,9-10H,1H3. The molecular weight excluding hydrogens is 143 g/mol. The quantitative estimate of drug-likeness (QED) is 0.600. The summed E-state index contributed by atoms with van der Waals surface area (Å²) in [6.45, 7) is 1.83. The van der Waals surface area contributed by atoms with Gasteiger partial charge < -0.3 is 14.7 Å². The summed E-state index contributed by atoms with van der Waals surface area (Å²) in [5, 5.41) is 16.9. The number of aryl methyl sites for hydroxylation is 1. The molecule has 0 fully saturated rings. The fourth-order valence-corrected chi connectivity index (χ4v) is 0.802. The van der Waals surface area contributed by atoms with Gasteiger partial charge in [-0.15, -0.1) is 0 Å². The van der Waals surface area contributed by atoms with E-state index in [0.717, 1.165) is 5.56 Å². The van der Waals surface area contributed by atoms with E-state index in [-0.39, 0.29) is 0 Å². The van der Waals surface area contributed by atoms with E-state index >= 15 is 0 Å². The predicted molar refractivity (Wildman–Crippen MR) is 42.0 cm³/mol. The first kappa shape index (κ1) is 8.10. The molecule has 0 radical (unpaired) electrons. The fraction of sp³-hybridized carbons (Fsp3) is 0.143. The van der Waals surface area contributed by atoms with Gasteiger partial charge in [0.2, 0.25) is 0 Å². The summed E-state index contributed by atoms with van der Waals surface area (Å²) < 4.78 is 4.66. The molecule has 4 heteroatoms. The van der Waals surface area contributed by atoms with Crippen molar-refractivity contribution in [2.45, 2.75) is 6.92 Å². The van der Waals surface area contributed by atoms with Crippen molar-refractivity contribution in [3.05, 3.63) is 29.8 Å². The van der Waals surface area contributed by atoms with Crippen LogP contribution in [-0.2, 0) is 0 Å². The van der Waals surface area contributed by atoms with Crippen LogP contribution in [0.2, 0.25) is 0 Å². The van der Waals surface area contributed by atoms with Crippen molar-refractivity contribution >= 4 is 7.32 Å². The molecule has 0 atom stereocenters. The van der Waals surface area contributed by atoms with Gasteiger partial charge >= 0.3 is 7.32 Å². The minimum atomic E-state index is -1.74. The van der Waals surface area contributed by atoms with Gasteiger partial charge in [0.15, 0.2) is 0 Å². The maximum Gasteiger partial charge on any atom is 0.707 e. The molecule has 0 aromatic heterocycles. The van der Waals surface area contributed by atoms with Crippen molar-refractivity contribution in [3.63, 3.8) is 0 Å². The van der Waals surface area contributed by atoms with Gasteiger partial charge in [0.25, 0.3) is 0 Å². The van der Waals surface area contributed by atoms with Crippen LogP contribution in [-0.4, -0.2) is 17.4 Å². The number of rotatable bonds is 2. The van der Waals surface area contributed by atoms with E-state index in [4.69, 9.17) is 10.0 Å². The molecule has 0 saturated carbocycles. The SMILES string of the molecule is Cc1ccccc1OB(O)O. The molecule has 0 amide bonds. The van der Waals surface area contributed by atoms with Crippen molar-refractivity contribution in [1.82, 2.24) is 0 Å². The Labute approximate surface area is 65.4 Å². The van der Waals surface area contributed by atoms with E-state index in [1.165, 1.54) is 0 Å². The molecule has 0 aliphatic heterocycles. The summed E-state index contributed by atoms with van der Waals surface area (Å²) >= 11 is 0. The minimum absolute atomic E-state index is 0.488. The van der Waals surface area contributed by atoms with Gasteiger partial charge in [0.05, 0.1) is 0 Å². The third kappa shape index (κ3) is 2.25. The van der Waals surface area contributed by atoms with E-state index in [0.29, 0.717) is 5.75 Å². The third-order valence-electron chi connectivity index (χ3n) is 1.33. The number of para-hydroxylation sites is 1. The average molecular weight is 152 g/mol. The van der Waals surface area contributed by atoms with Crippen molar-refractivity contribution in [2.75, 3.05) is 0 Å². The zero-order valence-corrected chi connectivity index (χ0v) is 6.19. The third-order valence-corrected chi connectivity index (χ3v) is 1.33. The molecule has 58 valence electrons. The maximum atomic E-state index is 8.46. The van der Waals surface area contributed by atoms with Crippen LogP contribution in [0.4, 0.5) is 0 Å². The molecule has 0 heterocycles. The Morgan fingerprint density at radius 1 is 1.27 bits per heavy atom. The van der Waals surface area contributed by atoms with Crippen LogP contribution in [0.5, 0.6) is 5.75 Å². The lowest BCUT2D eigenvalue weighted by Gasteiger charge is -2.06. The first-order valence-electron chi connectivity index (χ1n) is 3.28. The monoisotopic (exact) mass is 152 g/mol. The van der Waals surface area contributed by atoms with Crippen LogP contribution in [0.25, 0.3) is 0 Å². The lowest BCUT2D eigenvalue weighted by atomic mass is 10.2. The summed E-state index contributed by atoms with van der Waals surface area (Å²) in [6, 6.07) is 7.13. The minimum Gasteiger partial charge on any atom is -0.512 e. The predicted octanol–water partition coefficient (Wildman–Crippen LogP) is 0.343. The molecule has 1 rings (SSSR count). The normalized spacial score (nSPS) is 9.36. The van der Waals surface area contributed by atoms with Crippen LogP contribution in [0.3, 0.4) is 0 Å².